The van der Waals surface area contributed by atoms with E-state index >= 15 is 0 Å². The summed E-state index contributed by atoms with van der Waals surface area (Å²) in [6.45, 7) is 3.43. The van der Waals surface area contributed by atoms with Gasteiger partial charge in [-0.25, -0.2) is 4.98 Å². The number of aromatic nitrogens is 1. The van der Waals surface area contributed by atoms with Crippen molar-refractivity contribution < 1.29 is 0 Å². The number of halogens is 1. The Labute approximate surface area is 99.8 Å². The highest BCUT2D eigenvalue weighted by Crippen LogP contribution is 2.25. The van der Waals surface area contributed by atoms with Gasteiger partial charge in [-0.1, -0.05) is 6.92 Å². The van der Waals surface area contributed by atoms with Crippen LogP contribution >= 0.6 is 15.9 Å². The van der Waals surface area contributed by atoms with Gasteiger partial charge in [0.25, 0.3) is 0 Å². The lowest BCUT2D eigenvalue weighted by Gasteiger charge is -2.36. The van der Waals surface area contributed by atoms with Crippen LogP contribution < -0.4 is 4.90 Å². The number of anilines is 1. The zero-order valence-corrected chi connectivity index (χ0v) is 10.7. The number of hydrogen-bond donors (Lipinski definition) is 0. The fraction of sp³-hybridized carbons (Fsp3) is 0.583. The summed E-state index contributed by atoms with van der Waals surface area (Å²) < 4.78 is 1.05. The highest BCUT2D eigenvalue weighted by molar-refractivity contribution is 9.10. The van der Waals surface area contributed by atoms with Gasteiger partial charge in [-0.3, -0.25) is 0 Å². The molecule has 0 aromatic carbocycles. The van der Waals surface area contributed by atoms with Crippen LogP contribution in [-0.2, 0) is 0 Å². The minimum absolute atomic E-state index is 0.687. The maximum absolute atomic E-state index is 4.48. The normalized spacial score (nSPS) is 21.7. The topological polar surface area (TPSA) is 16.1 Å². The third kappa shape index (κ3) is 2.51. The summed E-state index contributed by atoms with van der Waals surface area (Å²) in [7, 11) is 0. The molecule has 2 heterocycles. The molecule has 0 aliphatic carbocycles. The van der Waals surface area contributed by atoms with E-state index in [0.717, 1.165) is 16.8 Å². The Balaban J connectivity index is 2.16. The smallest absolute Gasteiger partial charge is 0.128 e. The van der Waals surface area contributed by atoms with Gasteiger partial charge in [0.2, 0.25) is 0 Å². The van der Waals surface area contributed by atoms with E-state index in [0.29, 0.717) is 6.04 Å². The van der Waals surface area contributed by atoms with Crippen molar-refractivity contribution >= 4 is 21.7 Å². The van der Waals surface area contributed by atoms with E-state index in [1.807, 2.05) is 6.20 Å². The van der Waals surface area contributed by atoms with Crippen molar-refractivity contribution in [3.8, 4) is 0 Å². The van der Waals surface area contributed by atoms with Crippen LogP contribution in [0.1, 0.15) is 32.6 Å². The van der Waals surface area contributed by atoms with Gasteiger partial charge in [0.15, 0.2) is 0 Å². The molecule has 1 atom stereocenters. The van der Waals surface area contributed by atoms with Gasteiger partial charge >= 0.3 is 0 Å². The molecule has 0 N–H and O–H groups in total. The van der Waals surface area contributed by atoms with E-state index in [9.17, 15) is 0 Å². The fourth-order valence-electron chi connectivity index (χ4n) is 2.26. The van der Waals surface area contributed by atoms with Crippen molar-refractivity contribution in [1.29, 1.82) is 0 Å². The molecule has 0 saturated carbocycles. The van der Waals surface area contributed by atoms with Crippen LogP contribution in [0.15, 0.2) is 22.8 Å². The summed E-state index contributed by atoms with van der Waals surface area (Å²) >= 11 is 3.42. The zero-order valence-electron chi connectivity index (χ0n) is 9.12. The van der Waals surface area contributed by atoms with E-state index in [-0.39, 0.29) is 0 Å². The van der Waals surface area contributed by atoms with Crippen LogP contribution in [0.5, 0.6) is 0 Å². The molecule has 1 aliphatic rings. The molecule has 1 saturated heterocycles. The molecule has 0 unspecified atom stereocenters. The van der Waals surface area contributed by atoms with E-state index in [2.05, 4.69) is 44.9 Å². The molecular weight excluding hydrogens is 252 g/mol. The Bertz CT molecular complexity index is 310. The first-order valence-electron chi connectivity index (χ1n) is 5.69. The van der Waals surface area contributed by atoms with Gasteiger partial charge in [0.1, 0.15) is 5.82 Å². The third-order valence-corrected chi connectivity index (χ3v) is 3.57. The monoisotopic (exact) mass is 268 g/mol. The van der Waals surface area contributed by atoms with E-state index in [1.54, 1.807) is 0 Å². The molecule has 2 nitrogen and oxygen atoms in total. The molecule has 15 heavy (non-hydrogen) atoms. The minimum atomic E-state index is 0.687. The van der Waals surface area contributed by atoms with Gasteiger partial charge < -0.3 is 4.90 Å². The average molecular weight is 269 g/mol. The van der Waals surface area contributed by atoms with Crippen molar-refractivity contribution in [3.63, 3.8) is 0 Å². The molecule has 1 aromatic heterocycles. The van der Waals surface area contributed by atoms with Crippen molar-refractivity contribution in [2.75, 3.05) is 11.4 Å². The first kappa shape index (κ1) is 10.9. The Morgan fingerprint density at radius 2 is 2.33 bits per heavy atom. The molecule has 0 bridgehead atoms. The van der Waals surface area contributed by atoms with Crippen LogP contribution in [0.4, 0.5) is 5.82 Å². The first-order chi connectivity index (χ1) is 7.31. The Kier molecular flexibility index (Phi) is 3.62. The quantitative estimate of drug-likeness (QED) is 0.815. The SMILES string of the molecule is CC[C@@H]1CCCCN1c1ccc(Br)cn1. The third-order valence-electron chi connectivity index (χ3n) is 3.10. The van der Waals surface area contributed by atoms with Crippen molar-refractivity contribution in [2.24, 2.45) is 0 Å². The summed E-state index contributed by atoms with van der Waals surface area (Å²) in [6.07, 6.45) is 7.09. The van der Waals surface area contributed by atoms with Gasteiger partial charge in [0.05, 0.1) is 0 Å². The predicted molar refractivity (Wildman–Crippen MR) is 67.2 cm³/mol. The molecule has 82 valence electrons. The molecule has 0 amide bonds. The standard InChI is InChI=1S/C12H17BrN2/c1-2-11-5-3-4-8-15(11)12-7-6-10(13)9-14-12/h6-7,9,11H,2-5,8H2,1H3/t11-/m1/s1. The molecule has 0 radical (unpaired) electrons. The summed E-state index contributed by atoms with van der Waals surface area (Å²) in [5.74, 6) is 1.13. The van der Waals surface area contributed by atoms with Crippen LogP contribution in [-0.4, -0.2) is 17.6 Å². The zero-order chi connectivity index (χ0) is 10.7. The summed E-state index contributed by atoms with van der Waals surface area (Å²) in [5.41, 5.74) is 0. The van der Waals surface area contributed by atoms with Crippen LogP contribution in [0.3, 0.4) is 0 Å². The van der Waals surface area contributed by atoms with Crippen LogP contribution in [0.2, 0.25) is 0 Å². The molecule has 1 aliphatic heterocycles. The number of nitrogens with zero attached hydrogens (tertiary/aromatic N) is 2. The van der Waals surface area contributed by atoms with Crippen LogP contribution in [0.25, 0.3) is 0 Å². The molecule has 1 aromatic rings. The molecule has 0 spiro atoms. The maximum Gasteiger partial charge on any atom is 0.128 e. The Hall–Kier alpha value is -0.570. The maximum atomic E-state index is 4.48. The second-order valence-electron chi connectivity index (χ2n) is 4.09. The van der Waals surface area contributed by atoms with Gasteiger partial charge in [-0.15, -0.1) is 0 Å². The fourth-order valence-corrected chi connectivity index (χ4v) is 2.50. The van der Waals surface area contributed by atoms with Gasteiger partial charge in [0, 0.05) is 23.3 Å². The summed E-state index contributed by atoms with van der Waals surface area (Å²) in [4.78, 5) is 6.93. The summed E-state index contributed by atoms with van der Waals surface area (Å²) in [5, 5.41) is 0. The lowest BCUT2D eigenvalue weighted by atomic mass is 10.00. The second kappa shape index (κ2) is 4.97. The predicted octanol–water partition coefficient (Wildman–Crippen LogP) is 3.61. The number of pyridine rings is 1. The highest BCUT2D eigenvalue weighted by Gasteiger charge is 2.21. The number of piperidine rings is 1. The molecule has 3 heteroatoms. The van der Waals surface area contributed by atoms with E-state index in [1.165, 1.54) is 25.7 Å². The van der Waals surface area contributed by atoms with Crippen molar-refractivity contribution in [2.45, 2.75) is 38.6 Å². The molecular formula is C12H17BrN2. The number of rotatable bonds is 2. The molecule has 1 fully saturated rings. The lowest BCUT2D eigenvalue weighted by Crippen LogP contribution is -2.39. The van der Waals surface area contributed by atoms with Gasteiger partial charge in [-0.2, -0.15) is 0 Å². The van der Waals surface area contributed by atoms with Crippen molar-refractivity contribution in [3.05, 3.63) is 22.8 Å². The van der Waals surface area contributed by atoms with Gasteiger partial charge in [-0.05, 0) is 53.7 Å². The molecule has 2 rings (SSSR count). The Morgan fingerprint density at radius 1 is 1.47 bits per heavy atom. The minimum Gasteiger partial charge on any atom is -0.354 e. The van der Waals surface area contributed by atoms with Crippen molar-refractivity contribution in [1.82, 2.24) is 4.98 Å². The second-order valence-corrected chi connectivity index (χ2v) is 5.00. The average Bonchev–Trinajstić information content (AvgIpc) is 2.30. The Morgan fingerprint density at radius 3 is 3.00 bits per heavy atom. The summed E-state index contributed by atoms with van der Waals surface area (Å²) in [6, 6.07) is 4.87. The van der Waals surface area contributed by atoms with E-state index in [4.69, 9.17) is 0 Å². The first-order valence-corrected chi connectivity index (χ1v) is 6.48. The van der Waals surface area contributed by atoms with E-state index < -0.39 is 0 Å². The lowest BCUT2D eigenvalue weighted by molar-refractivity contribution is 0.447. The largest absolute Gasteiger partial charge is 0.354 e. The van der Waals surface area contributed by atoms with Crippen LogP contribution in [0, 0.1) is 0 Å². The highest BCUT2D eigenvalue weighted by atomic mass is 79.9. The number of hydrogen-bond acceptors (Lipinski definition) is 2.